The van der Waals surface area contributed by atoms with Crippen LogP contribution in [0.25, 0.3) is 0 Å². The van der Waals surface area contributed by atoms with E-state index in [0.717, 1.165) is 10.0 Å². The molecule has 0 aliphatic heterocycles. The van der Waals surface area contributed by atoms with Crippen LogP contribution in [0.3, 0.4) is 0 Å². The lowest BCUT2D eigenvalue weighted by Crippen LogP contribution is -2.05. The van der Waals surface area contributed by atoms with Crippen molar-refractivity contribution in [3.63, 3.8) is 0 Å². The first-order valence-corrected chi connectivity index (χ1v) is 6.53. The third kappa shape index (κ3) is 3.42. The van der Waals surface area contributed by atoms with Crippen molar-refractivity contribution >= 4 is 39.0 Å². The Morgan fingerprint density at radius 2 is 2.05 bits per heavy atom. The fourth-order valence-corrected chi connectivity index (χ4v) is 2.10. The molecule has 7 heteroatoms. The molecule has 0 amide bonds. The van der Waals surface area contributed by atoms with Crippen LogP contribution < -0.4 is 5.32 Å². The van der Waals surface area contributed by atoms with Gasteiger partial charge in [0, 0.05) is 17.1 Å². The molecular weight excluding hydrogens is 334 g/mol. The normalized spacial score (nSPS) is 10.2. The number of nitro groups is 1. The van der Waals surface area contributed by atoms with Crippen LogP contribution in [0.15, 0.2) is 40.9 Å². The number of nitrogens with one attached hydrogen (secondary N) is 1. The van der Waals surface area contributed by atoms with Crippen LogP contribution in [0.5, 0.6) is 0 Å². The SMILES string of the molecule is O=[N+]([O-])c1ccc(Cl)nc1NCc1ccccc1Br. The van der Waals surface area contributed by atoms with Crippen LogP contribution >= 0.6 is 27.5 Å². The summed E-state index contributed by atoms with van der Waals surface area (Å²) in [6, 6.07) is 10.3. The van der Waals surface area contributed by atoms with E-state index in [0.29, 0.717) is 6.54 Å². The fraction of sp³-hybridized carbons (Fsp3) is 0.0833. The molecule has 1 aromatic heterocycles. The van der Waals surface area contributed by atoms with Crippen LogP contribution in [0.2, 0.25) is 5.15 Å². The van der Waals surface area contributed by atoms with E-state index >= 15 is 0 Å². The number of halogens is 2. The van der Waals surface area contributed by atoms with E-state index in [9.17, 15) is 10.1 Å². The summed E-state index contributed by atoms with van der Waals surface area (Å²) in [5.41, 5.74) is 0.870. The van der Waals surface area contributed by atoms with Crippen LogP contribution in [0.1, 0.15) is 5.56 Å². The van der Waals surface area contributed by atoms with Crippen molar-refractivity contribution in [1.82, 2.24) is 4.98 Å². The van der Waals surface area contributed by atoms with Gasteiger partial charge in [-0.2, -0.15) is 0 Å². The average Bonchev–Trinajstić information content (AvgIpc) is 2.37. The van der Waals surface area contributed by atoms with Crippen molar-refractivity contribution < 1.29 is 4.92 Å². The molecule has 1 N–H and O–H groups in total. The zero-order chi connectivity index (χ0) is 13.8. The summed E-state index contributed by atoms with van der Waals surface area (Å²) >= 11 is 9.16. The molecule has 0 fully saturated rings. The van der Waals surface area contributed by atoms with E-state index in [1.165, 1.54) is 12.1 Å². The molecule has 0 aliphatic rings. The summed E-state index contributed by atoms with van der Waals surface area (Å²) in [4.78, 5) is 14.3. The first-order chi connectivity index (χ1) is 9.08. The lowest BCUT2D eigenvalue weighted by atomic mass is 10.2. The minimum atomic E-state index is -0.494. The molecule has 1 aromatic carbocycles. The average molecular weight is 343 g/mol. The van der Waals surface area contributed by atoms with Gasteiger partial charge >= 0.3 is 5.69 Å². The third-order valence-corrected chi connectivity index (χ3v) is 3.42. The highest BCUT2D eigenvalue weighted by Crippen LogP contribution is 2.25. The monoisotopic (exact) mass is 341 g/mol. The quantitative estimate of drug-likeness (QED) is 0.518. The van der Waals surface area contributed by atoms with Crippen LogP contribution in [-0.2, 0) is 6.54 Å². The molecule has 19 heavy (non-hydrogen) atoms. The number of aromatic nitrogens is 1. The Morgan fingerprint density at radius 1 is 1.32 bits per heavy atom. The van der Waals surface area contributed by atoms with Crippen LogP contribution in [-0.4, -0.2) is 9.91 Å². The van der Waals surface area contributed by atoms with Gasteiger partial charge in [-0.25, -0.2) is 4.98 Å². The molecule has 5 nitrogen and oxygen atoms in total. The molecule has 0 spiro atoms. The molecule has 0 saturated heterocycles. The van der Waals surface area contributed by atoms with Crippen molar-refractivity contribution in [3.05, 3.63) is 61.7 Å². The van der Waals surface area contributed by atoms with Crippen molar-refractivity contribution in [3.8, 4) is 0 Å². The predicted molar refractivity (Wildman–Crippen MR) is 77.4 cm³/mol. The first kappa shape index (κ1) is 13.8. The second kappa shape index (κ2) is 5.99. The maximum atomic E-state index is 10.9. The Balaban J connectivity index is 2.22. The lowest BCUT2D eigenvalue weighted by Gasteiger charge is -2.08. The number of rotatable bonds is 4. The van der Waals surface area contributed by atoms with Crippen molar-refractivity contribution in [2.24, 2.45) is 0 Å². The van der Waals surface area contributed by atoms with Gasteiger partial charge in [-0.05, 0) is 17.7 Å². The third-order valence-electron chi connectivity index (χ3n) is 2.44. The van der Waals surface area contributed by atoms with E-state index in [2.05, 4.69) is 26.2 Å². The van der Waals surface area contributed by atoms with Gasteiger partial charge in [-0.1, -0.05) is 45.7 Å². The summed E-state index contributed by atoms with van der Waals surface area (Å²) in [6.07, 6.45) is 0. The second-order valence-corrected chi connectivity index (χ2v) is 4.95. The maximum Gasteiger partial charge on any atom is 0.311 e. The summed E-state index contributed by atoms with van der Waals surface area (Å²) < 4.78 is 0.923. The van der Waals surface area contributed by atoms with E-state index in [4.69, 9.17) is 11.6 Å². The number of benzene rings is 1. The molecule has 0 saturated carbocycles. The molecule has 98 valence electrons. The van der Waals surface area contributed by atoms with Crippen LogP contribution in [0.4, 0.5) is 11.5 Å². The maximum absolute atomic E-state index is 10.9. The number of anilines is 1. The van der Waals surface area contributed by atoms with Gasteiger partial charge in [-0.15, -0.1) is 0 Å². The summed E-state index contributed by atoms with van der Waals surface area (Å²) in [7, 11) is 0. The Bertz CT molecular complexity index is 622. The van der Waals surface area contributed by atoms with E-state index in [1.807, 2.05) is 24.3 Å². The van der Waals surface area contributed by atoms with Gasteiger partial charge < -0.3 is 5.32 Å². The largest absolute Gasteiger partial charge is 0.360 e. The standard InChI is InChI=1S/C12H9BrClN3O2/c13-9-4-2-1-3-8(9)7-15-12-10(17(18)19)5-6-11(14)16-12/h1-6H,7H2,(H,15,16). The highest BCUT2D eigenvalue weighted by molar-refractivity contribution is 9.10. The van der Waals surface area contributed by atoms with Gasteiger partial charge in [0.15, 0.2) is 0 Å². The lowest BCUT2D eigenvalue weighted by molar-refractivity contribution is -0.384. The van der Waals surface area contributed by atoms with Gasteiger partial charge in [0.1, 0.15) is 5.15 Å². The molecule has 1 heterocycles. The Labute approximate surface area is 122 Å². The molecule has 0 bridgehead atoms. The topological polar surface area (TPSA) is 68.1 Å². The molecule has 2 aromatic rings. The van der Waals surface area contributed by atoms with E-state index < -0.39 is 4.92 Å². The predicted octanol–water partition coefficient (Wildman–Crippen LogP) is 4.02. The zero-order valence-corrected chi connectivity index (χ0v) is 12.0. The minimum Gasteiger partial charge on any atom is -0.360 e. The molecule has 0 unspecified atom stereocenters. The molecule has 2 rings (SSSR count). The van der Waals surface area contributed by atoms with Crippen molar-refractivity contribution in [1.29, 1.82) is 0 Å². The second-order valence-electron chi connectivity index (χ2n) is 3.70. The first-order valence-electron chi connectivity index (χ1n) is 5.36. The number of nitrogens with zero attached hydrogens (tertiary/aromatic N) is 2. The minimum absolute atomic E-state index is 0.101. The molecule has 0 atom stereocenters. The highest BCUT2D eigenvalue weighted by atomic mass is 79.9. The fourth-order valence-electron chi connectivity index (χ4n) is 1.53. The van der Waals surface area contributed by atoms with Gasteiger partial charge in [0.25, 0.3) is 0 Å². The van der Waals surface area contributed by atoms with Crippen molar-refractivity contribution in [2.75, 3.05) is 5.32 Å². The summed E-state index contributed by atoms with van der Waals surface area (Å²) in [6.45, 7) is 0.412. The number of hydrogen-bond donors (Lipinski definition) is 1. The zero-order valence-electron chi connectivity index (χ0n) is 9.64. The van der Waals surface area contributed by atoms with Gasteiger partial charge in [-0.3, -0.25) is 10.1 Å². The smallest absolute Gasteiger partial charge is 0.311 e. The Kier molecular flexibility index (Phi) is 4.34. The van der Waals surface area contributed by atoms with Gasteiger partial charge in [0.2, 0.25) is 5.82 Å². The Morgan fingerprint density at radius 3 is 2.74 bits per heavy atom. The summed E-state index contributed by atoms with van der Waals surface area (Å²) in [5, 5.41) is 14.0. The Hall–Kier alpha value is -1.66. The number of hydrogen-bond acceptors (Lipinski definition) is 4. The van der Waals surface area contributed by atoms with E-state index in [1.54, 1.807) is 0 Å². The van der Waals surface area contributed by atoms with Gasteiger partial charge in [0.05, 0.1) is 4.92 Å². The molecule has 0 aliphatic carbocycles. The molecular formula is C12H9BrClN3O2. The highest BCUT2D eigenvalue weighted by Gasteiger charge is 2.15. The molecule has 0 radical (unpaired) electrons. The van der Waals surface area contributed by atoms with E-state index in [-0.39, 0.29) is 16.7 Å². The van der Waals surface area contributed by atoms with Crippen molar-refractivity contribution in [2.45, 2.75) is 6.54 Å². The summed E-state index contributed by atoms with van der Waals surface area (Å²) in [5.74, 6) is 0.160. The number of pyridine rings is 1. The van der Waals surface area contributed by atoms with Crippen LogP contribution in [0, 0.1) is 10.1 Å².